The normalized spacial score (nSPS) is 16.3. The molecule has 0 saturated heterocycles. The molecule has 1 atom stereocenters. The zero-order valence-electron chi connectivity index (χ0n) is 15.6. The number of rotatable bonds is 9. The second-order valence-electron chi connectivity index (χ2n) is 6.76. The summed E-state index contributed by atoms with van der Waals surface area (Å²) in [6, 6.07) is 1.60. The van der Waals surface area contributed by atoms with Crippen LogP contribution in [0.2, 0.25) is 0 Å². The molecule has 2 rings (SSSR count). The van der Waals surface area contributed by atoms with E-state index in [9.17, 15) is 22.0 Å². The van der Waals surface area contributed by atoms with Crippen molar-refractivity contribution in [3.8, 4) is 0 Å². The molecule has 0 bridgehead atoms. The SMILES string of the molecule is C[C@H](C(=O)NCCCOC1CCCC1)N(c1ccc(F)c(F)c1)S(C)(=O)=O. The van der Waals surface area contributed by atoms with Gasteiger partial charge in [-0.1, -0.05) is 12.8 Å². The highest BCUT2D eigenvalue weighted by Gasteiger charge is 2.29. The summed E-state index contributed by atoms with van der Waals surface area (Å²) in [5.74, 6) is -2.80. The summed E-state index contributed by atoms with van der Waals surface area (Å²) < 4.78 is 57.3. The molecule has 0 aromatic heterocycles. The fraction of sp³-hybridized carbons (Fsp3) is 0.611. The molecular weight excluding hydrogens is 378 g/mol. The lowest BCUT2D eigenvalue weighted by atomic mass is 10.2. The second-order valence-corrected chi connectivity index (χ2v) is 8.61. The van der Waals surface area contributed by atoms with Crippen LogP contribution in [0.15, 0.2) is 18.2 Å². The van der Waals surface area contributed by atoms with Crippen LogP contribution in [-0.4, -0.2) is 45.9 Å². The fourth-order valence-electron chi connectivity index (χ4n) is 3.17. The van der Waals surface area contributed by atoms with Crippen molar-refractivity contribution in [2.45, 2.75) is 51.2 Å². The zero-order chi connectivity index (χ0) is 20.0. The van der Waals surface area contributed by atoms with Crippen LogP contribution in [0.5, 0.6) is 0 Å². The number of hydrogen-bond donors (Lipinski definition) is 1. The highest BCUT2D eigenvalue weighted by molar-refractivity contribution is 7.92. The third-order valence-corrected chi connectivity index (χ3v) is 5.76. The van der Waals surface area contributed by atoms with Crippen LogP contribution in [0.3, 0.4) is 0 Å². The minimum absolute atomic E-state index is 0.108. The number of sulfonamides is 1. The Hall–Kier alpha value is -1.74. The number of carbonyl (C=O) groups is 1. The Kier molecular flexibility index (Phi) is 7.55. The van der Waals surface area contributed by atoms with Crippen molar-refractivity contribution in [1.82, 2.24) is 5.32 Å². The first-order valence-electron chi connectivity index (χ1n) is 9.04. The number of benzene rings is 1. The van der Waals surface area contributed by atoms with Crippen LogP contribution in [0.25, 0.3) is 0 Å². The maximum absolute atomic E-state index is 13.5. The minimum atomic E-state index is -3.88. The number of halogens is 2. The van der Waals surface area contributed by atoms with Crippen LogP contribution < -0.4 is 9.62 Å². The van der Waals surface area contributed by atoms with Gasteiger partial charge in [0, 0.05) is 19.2 Å². The van der Waals surface area contributed by atoms with Gasteiger partial charge in [-0.05, 0) is 38.3 Å². The van der Waals surface area contributed by atoms with Crippen molar-refractivity contribution < 1.29 is 26.7 Å². The molecule has 0 heterocycles. The van der Waals surface area contributed by atoms with E-state index < -0.39 is 33.6 Å². The first-order chi connectivity index (χ1) is 12.7. The number of carbonyl (C=O) groups excluding carboxylic acids is 1. The Bertz CT molecular complexity index is 752. The molecule has 0 radical (unpaired) electrons. The average molecular weight is 404 g/mol. The maximum atomic E-state index is 13.5. The largest absolute Gasteiger partial charge is 0.378 e. The van der Waals surface area contributed by atoms with Crippen LogP contribution in [0, 0.1) is 11.6 Å². The summed E-state index contributed by atoms with van der Waals surface area (Å²) in [6.07, 6.45) is 6.33. The fourth-order valence-corrected chi connectivity index (χ4v) is 4.33. The summed E-state index contributed by atoms with van der Waals surface area (Å²) in [4.78, 5) is 12.3. The molecule has 6 nitrogen and oxygen atoms in total. The van der Waals surface area contributed by atoms with Crippen molar-refractivity contribution in [1.29, 1.82) is 0 Å². The predicted octanol–water partition coefficient (Wildman–Crippen LogP) is 2.58. The predicted molar refractivity (Wildman–Crippen MR) is 99.0 cm³/mol. The van der Waals surface area contributed by atoms with Gasteiger partial charge < -0.3 is 10.1 Å². The van der Waals surface area contributed by atoms with E-state index >= 15 is 0 Å². The molecule has 1 fully saturated rings. The van der Waals surface area contributed by atoms with Gasteiger partial charge >= 0.3 is 0 Å². The Morgan fingerprint density at radius 2 is 1.96 bits per heavy atom. The first kappa shape index (κ1) is 21.6. The van der Waals surface area contributed by atoms with E-state index in [1.165, 1.54) is 19.8 Å². The molecular formula is C18H26F2N2O4S. The summed E-state index contributed by atoms with van der Waals surface area (Å²) in [7, 11) is -3.88. The smallest absolute Gasteiger partial charge is 0.243 e. The van der Waals surface area contributed by atoms with E-state index in [0.717, 1.165) is 41.6 Å². The van der Waals surface area contributed by atoms with E-state index in [4.69, 9.17) is 4.74 Å². The van der Waals surface area contributed by atoms with Gasteiger partial charge in [0.15, 0.2) is 11.6 Å². The molecule has 0 unspecified atom stereocenters. The quantitative estimate of drug-likeness (QED) is 0.642. The van der Waals surface area contributed by atoms with Gasteiger partial charge in [-0.15, -0.1) is 0 Å². The molecule has 1 aliphatic carbocycles. The number of amides is 1. The number of ether oxygens (including phenoxy) is 1. The Balaban J connectivity index is 1.92. The van der Waals surface area contributed by atoms with Crippen molar-refractivity contribution in [2.75, 3.05) is 23.7 Å². The van der Waals surface area contributed by atoms with Crippen molar-refractivity contribution in [3.63, 3.8) is 0 Å². The average Bonchev–Trinajstić information content (AvgIpc) is 3.10. The molecule has 0 spiro atoms. The first-order valence-corrected chi connectivity index (χ1v) is 10.9. The minimum Gasteiger partial charge on any atom is -0.378 e. The molecule has 9 heteroatoms. The highest BCUT2D eigenvalue weighted by atomic mass is 32.2. The Labute approximate surface area is 158 Å². The monoisotopic (exact) mass is 404 g/mol. The van der Waals surface area contributed by atoms with Crippen LogP contribution in [0.4, 0.5) is 14.5 Å². The van der Waals surface area contributed by atoms with Gasteiger partial charge in [0.2, 0.25) is 15.9 Å². The number of hydrogen-bond acceptors (Lipinski definition) is 4. The lowest BCUT2D eigenvalue weighted by Gasteiger charge is -2.28. The van der Waals surface area contributed by atoms with Gasteiger partial charge in [0.25, 0.3) is 0 Å². The Morgan fingerprint density at radius 3 is 2.56 bits per heavy atom. The van der Waals surface area contributed by atoms with Crippen molar-refractivity contribution in [3.05, 3.63) is 29.8 Å². The molecule has 152 valence electrons. The zero-order valence-corrected chi connectivity index (χ0v) is 16.4. The summed E-state index contributed by atoms with van der Waals surface area (Å²) >= 11 is 0. The third-order valence-electron chi connectivity index (χ3n) is 4.52. The van der Waals surface area contributed by atoms with Gasteiger partial charge in [0.1, 0.15) is 6.04 Å². The van der Waals surface area contributed by atoms with Crippen molar-refractivity contribution >= 4 is 21.6 Å². The molecule has 1 aliphatic rings. The highest BCUT2D eigenvalue weighted by Crippen LogP contribution is 2.23. The molecule has 1 amide bonds. The van der Waals surface area contributed by atoms with Crippen LogP contribution in [0.1, 0.15) is 39.0 Å². The molecule has 1 N–H and O–H groups in total. The van der Waals surface area contributed by atoms with E-state index in [1.54, 1.807) is 0 Å². The van der Waals surface area contributed by atoms with Crippen molar-refractivity contribution in [2.24, 2.45) is 0 Å². The summed E-state index contributed by atoms with van der Waals surface area (Å²) in [5.41, 5.74) is -0.108. The number of nitrogens with one attached hydrogen (secondary N) is 1. The molecule has 1 aromatic carbocycles. The topological polar surface area (TPSA) is 75.7 Å². The van der Waals surface area contributed by atoms with Crippen LogP contribution >= 0.6 is 0 Å². The van der Waals surface area contributed by atoms with E-state index in [-0.39, 0.29) is 5.69 Å². The second kappa shape index (κ2) is 9.45. The van der Waals surface area contributed by atoms with Gasteiger partial charge in [0.05, 0.1) is 18.0 Å². The molecule has 1 aromatic rings. The summed E-state index contributed by atoms with van der Waals surface area (Å²) in [6.45, 7) is 2.26. The number of nitrogens with zero attached hydrogens (tertiary/aromatic N) is 1. The van der Waals surface area contributed by atoms with E-state index in [0.29, 0.717) is 25.7 Å². The van der Waals surface area contributed by atoms with Gasteiger partial charge in [-0.2, -0.15) is 0 Å². The van der Waals surface area contributed by atoms with E-state index in [1.807, 2.05) is 0 Å². The standard InChI is InChI=1S/C18H26F2N2O4S/c1-13(18(23)21-10-5-11-26-15-6-3-4-7-15)22(27(2,24)25)14-8-9-16(19)17(20)12-14/h8-9,12-13,15H,3-7,10-11H2,1-2H3,(H,21,23)/t13-/m1/s1. The lowest BCUT2D eigenvalue weighted by molar-refractivity contribution is -0.121. The maximum Gasteiger partial charge on any atom is 0.243 e. The summed E-state index contributed by atoms with van der Waals surface area (Å²) in [5, 5.41) is 2.66. The molecule has 1 saturated carbocycles. The third kappa shape index (κ3) is 6.14. The molecule has 0 aliphatic heterocycles. The van der Waals surface area contributed by atoms with Crippen LogP contribution in [-0.2, 0) is 19.6 Å². The lowest BCUT2D eigenvalue weighted by Crippen LogP contribution is -2.48. The van der Waals surface area contributed by atoms with Gasteiger partial charge in [-0.3, -0.25) is 9.10 Å². The number of anilines is 1. The van der Waals surface area contributed by atoms with E-state index in [2.05, 4.69) is 5.32 Å². The Morgan fingerprint density at radius 1 is 1.30 bits per heavy atom. The molecule has 27 heavy (non-hydrogen) atoms. The van der Waals surface area contributed by atoms with Gasteiger partial charge in [-0.25, -0.2) is 17.2 Å².